The standard InChI is InChI=1S/C19H23NO4/c1-3-12-23-15-8-7-9-16(13-15)24-14-19(21)20-17-10-5-6-11-18(17)22-4-2/h5-11,13H,3-4,12,14H2,1-2H3,(H,20,21). The number of hydrogen-bond donors (Lipinski definition) is 1. The van der Waals surface area contributed by atoms with Gasteiger partial charge in [-0.05, 0) is 37.6 Å². The van der Waals surface area contributed by atoms with E-state index in [0.717, 1.165) is 12.2 Å². The zero-order chi connectivity index (χ0) is 17.2. The Morgan fingerprint density at radius 1 is 0.958 bits per heavy atom. The lowest BCUT2D eigenvalue weighted by Gasteiger charge is -2.12. The summed E-state index contributed by atoms with van der Waals surface area (Å²) in [6.45, 7) is 5.05. The van der Waals surface area contributed by atoms with E-state index in [1.165, 1.54) is 0 Å². The summed E-state index contributed by atoms with van der Waals surface area (Å²) in [6.07, 6.45) is 0.937. The van der Waals surface area contributed by atoms with Crippen LogP contribution in [-0.4, -0.2) is 25.7 Å². The molecule has 0 aliphatic rings. The predicted octanol–water partition coefficient (Wildman–Crippen LogP) is 3.89. The van der Waals surface area contributed by atoms with Crippen molar-refractivity contribution in [2.75, 3.05) is 25.1 Å². The molecule has 1 N–H and O–H groups in total. The fourth-order valence-electron chi connectivity index (χ4n) is 2.06. The van der Waals surface area contributed by atoms with Crippen molar-refractivity contribution in [2.45, 2.75) is 20.3 Å². The second-order valence-corrected chi connectivity index (χ2v) is 5.09. The van der Waals surface area contributed by atoms with E-state index in [0.29, 0.717) is 30.4 Å². The third kappa shape index (κ3) is 5.50. The first-order chi connectivity index (χ1) is 11.7. The van der Waals surface area contributed by atoms with Gasteiger partial charge in [-0.2, -0.15) is 0 Å². The maximum atomic E-state index is 12.1. The summed E-state index contributed by atoms with van der Waals surface area (Å²) in [5.74, 6) is 1.72. The van der Waals surface area contributed by atoms with Gasteiger partial charge in [0.2, 0.25) is 0 Å². The van der Waals surface area contributed by atoms with Gasteiger partial charge in [-0.25, -0.2) is 0 Å². The van der Waals surface area contributed by atoms with Crippen molar-refractivity contribution in [3.8, 4) is 17.2 Å². The van der Waals surface area contributed by atoms with Crippen LogP contribution in [0.1, 0.15) is 20.3 Å². The summed E-state index contributed by atoms with van der Waals surface area (Å²) in [5, 5.41) is 2.79. The molecule has 2 aromatic rings. The quantitative estimate of drug-likeness (QED) is 0.758. The van der Waals surface area contributed by atoms with E-state index in [1.807, 2.05) is 44.2 Å². The minimum Gasteiger partial charge on any atom is -0.493 e. The van der Waals surface area contributed by atoms with Crippen molar-refractivity contribution >= 4 is 11.6 Å². The lowest BCUT2D eigenvalue weighted by atomic mass is 10.3. The summed E-state index contributed by atoms with van der Waals surface area (Å²) in [6, 6.07) is 14.6. The highest BCUT2D eigenvalue weighted by Gasteiger charge is 2.08. The average Bonchev–Trinajstić information content (AvgIpc) is 2.60. The monoisotopic (exact) mass is 329 g/mol. The van der Waals surface area contributed by atoms with Gasteiger partial charge >= 0.3 is 0 Å². The molecule has 0 fully saturated rings. The molecule has 0 aromatic heterocycles. The molecular formula is C19H23NO4. The lowest BCUT2D eigenvalue weighted by Crippen LogP contribution is -2.20. The van der Waals surface area contributed by atoms with Crippen molar-refractivity contribution in [1.82, 2.24) is 0 Å². The van der Waals surface area contributed by atoms with Gasteiger partial charge < -0.3 is 19.5 Å². The normalized spacial score (nSPS) is 10.1. The molecule has 0 spiro atoms. The smallest absolute Gasteiger partial charge is 0.262 e. The number of benzene rings is 2. The molecule has 0 aliphatic heterocycles. The van der Waals surface area contributed by atoms with Gasteiger partial charge in [0.15, 0.2) is 6.61 Å². The number of hydrogen-bond acceptors (Lipinski definition) is 4. The van der Waals surface area contributed by atoms with Crippen LogP contribution in [0.4, 0.5) is 5.69 Å². The maximum absolute atomic E-state index is 12.1. The van der Waals surface area contributed by atoms with Crippen molar-refractivity contribution in [1.29, 1.82) is 0 Å². The lowest BCUT2D eigenvalue weighted by molar-refractivity contribution is -0.118. The molecule has 1 amide bonds. The zero-order valence-electron chi connectivity index (χ0n) is 14.1. The van der Waals surface area contributed by atoms with Crippen LogP contribution in [0.3, 0.4) is 0 Å². The van der Waals surface area contributed by atoms with Crippen LogP contribution in [0.5, 0.6) is 17.2 Å². The molecule has 0 bridgehead atoms. The Bertz CT molecular complexity index is 657. The SMILES string of the molecule is CCCOc1cccc(OCC(=O)Nc2ccccc2OCC)c1. The number of rotatable bonds is 9. The van der Waals surface area contributed by atoms with Crippen LogP contribution in [0.2, 0.25) is 0 Å². The fraction of sp³-hybridized carbons (Fsp3) is 0.316. The molecule has 0 unspecified atom stereocenters. The molecule has 5 nitrogen and oxygen atoms in total. The van der Waals surface area contributed by atoms with Crippen LogP contribution in [0.15, 0.2) is 48.5 Å². The Morgan fingerprint density at radius 3 is 2.46 bits per heavy atom. The molecule has 5 heteroatoms. The second kappa shape index (κ2) is 9.45. The van der Waals surface area contributed by atoms with Gasteiger partial charge in [0.1, 0.15) is 17.2 Å². The largest absolute Gasteiger partial charge is 0.493 e. The Hall–Kier alpha value is -2.69. The first kappa shape index (κ1) is 17.7. The highest BCUT2D eigenvalue weighted by Crippen LogP contribution is 2.24. The molecule has 0 aliphatic carbocycles. The summed E-state index contributed by atoms with van der Waals surface area (Å²) in [7, 11) is 0. The highest BCUT2D eigenvalue weighted by molar-refractivity contribution is 5.93. The van der Waals surface area contributed by atoms with Crippen molar-refractivity contribution in [3.05, 3.63) is 48.5 Å². The zero-order valence-corrected chi connectivity index (χ0v) is 14.1. The van der Waals surface area contributed by atoms with Crippen LogP contribution < -0.4 is 19.5 Å². The third-order valence-corrected chi connectivity index (χ3v) is 3.11. The molecule has 0 heterocycles. The van der Waals surface area contributed by atoms with Crippen molar-refractivity contribution < 1.29 is 19.0 Å². The van der Waals surface area contributed by atoms with Crippen molar-refractivity contribution in [2.24, 2.45) is 0 Å². The van der Waals surface area contributed by atoms with E-state index >= 15 is 0 Å². The van der Waals surface area contributed by atoms with Gasteiger partial charge in [-0.15, -0.1) is 0 Å². The maximum Gasteiger partial charge on any atom is 0.262 e. The molecular weight excluding hydrogens is 306 g/mol. The minimum atomic E-state index is -0.248. The van der Waals surface area contributed by atoms with E-state index < -0.39 is 0 Å². The van der Waals surface area contributed by atoms with Gasteiger partial charge in [-0.1, -0.05) is 25.1 Å². The first-order valence-corrected chi connectivity index (χ1v) is 8.10. The molecule has 0 saturated carbocycles. The fourth-order valence-corrected chi connectivity index (χ4v) is 2.06. The molecule has 2 aromatic carbocycles. The Kier molecular flexibility index (Phi) is 6.95. The summed E-state index contributed by atoms with van der Waals surface area (Å²) < 4.78 is 16.6. The van der Waals surface area contributed by atoms with Gasteiger partial charge in [0.25, 0.3) is 5.91 Å². The van der Waals surface area contributed by atoms with Gasteiger partial charge in [-0.3, -0.25) is 4.79 Å². The van der Waals surface area contributed by atoms with Gasteiger partial charge in [0, 0.05) is 6.07 Å². The number of amides is 1. The first-order valence-electron chi connectivity index (χ1n) is 8.10. The van der Waals surface area contributed by atoms with Crippen LogP contribution in [-0.2, 0) is 4.79 Å². The Morgan fingerprint density at radius 2 is 1.71 bits per heavy atom. The molecule has 0 atom stereocenters. The number of para-hydroxylation sites is 2. The molecule has 24 heavy (non-hydrogen) atoms. The molecule has 128 valence electrons. The van der Waals surface area contributed by atoms with E-state index in [2.05, 4.69) is 5.32 Å². The average molecular weight is 329 g/mol. The van der Waals surface area contributed by atoms with E-state index in [-0.39, 0.29) is 12.5 Å². The van der Waals surface area contributed by atoms with Crippen LogP contribution in [0, 0.1) is 0 Å². The van der Waals surface area contributed by atoms with Crippen molar-refractivity contribution in [3.63, 3.8) is 0 Å². The Labute approximate surface area is 142 Å². The van der Waals surface area contributed by atoms with E-state index in [1.54, 1.807) is 18.2 Å². The summed E-state index contributed by atoms with van der Waals surface area (Å²) in [4.78, 5) is 12.1. The predicted molar refractivity (Wildman–Crippen MR) is 94.0 cm³/mol. The third-order valence-electron chi connectivity index (χ3n) is 3.11. The number of carbonyl (C=O) groups is 1. The van der Waals surface area contributed by atoms with Crippen LogP contribution in [0.25, 0.3) is 0 Å². The van der Waals surface area contributed by atoms with Gasteiger partial charge in [0.05, 0.1) is 18.9 Å². The summed E-state index contributed by atoms with van der Waals surface area (Å²) >= 11 is 0. The Balaban J connectivity index is 1.89. The minimum absolute atomic E-state index is 0.0856. The number of ether oxygens (including phenoxy) is 3. The second-order valence-electron chi connectivity index (χ2n) is 5.09. The molecule has 0 saturated heterocycles. The topological polar surface area (TPSA) is 56.8 Å². The number of carbonyl (C=O) groups excluding carboxylic acids is 1. The van der Waals surface area contributed by atoms with Crippen LogP contribution >= 0.6 is 0 Å². The van der Waals surface area contributed by atoms with E-state index in [4.69, 9.17) is 14.2 Å². The van der Waals surface area contributed by atoms with E-state index in [9.17, 15) is 4.79 Å². The number of nitrogens with one attached hydrogen (secondary N) is 1. The summed E-state index contributed by atoms with van der Waals surface area (Å²) in [5.41, 5.74) is 0.632. The molecule has 0 radical (unpaired) electrons. The molecule has 2 rings (SSSR count). The number of anilines is 1. The highest BCUT2D eigenvalue weighted by atomic mass is 16.5.